The van der Waals surface area contributed by atoms with Crippen molar-refractivity contribution in [2.24, 2.45) is 0 Å². The maximum absolute atomic E-state index is 12.9. The summed E-state index contributed by atoms with van der Waals surface area (Å²) >= 11 is 0. The zero-order valence-electron chi connectivity index (χ0n) is 16.8. The standard InChI is InChI=1S/C19H30N4O4S/c1-4-7-20-18(24)13-21-19(25)14-22-8-10-23(11-9-22)28(26,27)17-12-15(2)5-6-16(17)3/h5-6,12H,4,7-11,13-14H2,1-3H3,(H,20,24)(H,21,25). The van der Waals surface area contributed by atoms with Crippen molar-refractivity contribution in [1.29, 1.82) is 0 Å². The van der Waals surface area contributed by atoms with Gasteiger partial charge in [0, 0.05) is 32.7 Å². The molecular formula is C19H30N4O4S. The Labute approximate surface area is 167 Å². The Hall–Kier alpha value is -1.97. The Kier molecular flexibility index (Phi) is 7.97. The van der Waals surface area contributed by atoms with Crippen LogP contribution in [0, 0.1) is 13.8 Å². The predicted molar refractivity (Wildman–Crippen MR) is 107 cm³/mol. The third-order valence-electron chi connectivity index (χ3n) is 4.68. The highest BCUT2D eigenvalue weighted by Gasteiger charge is 2.30. The lowest BCUT2D eigenvalue weighted by Crippen LogP contribution is -2.51. The van der Waals surface area contributed by atoms with E-state index in [0.717, 1.165) is 17.5 Å². The van der Waals surface area contributed by atoms with Gasteiger partial charge in [-0.1, -0.05) is 19.1 Å². The number of carbonyl (C=O) groups is 2. The highest BCUT2D eigenvalue weighted by Crippen LogP contribution is 2.22. The molecule has 2 amide bonds. The zero-order valence-corrected chi connectivity index (χ0v) is 17.6. The lowest BCUT2D eigenvalue weighted by Gasteiger charge is -2.33. The van der Waals surface area contributed by atoms with Gasteiger partial charge in [-0.3, -0.25) is 14.5 Å². The van der Waals surface area contributed by atoms with E-state index in [-0.39, 0.29) is 24.9 Å². The molecular weight excluding hydrogens is 380 g/mol. The Morgan fingerprint density at radius 2 is 1.71 bits per heavy atom. The molecule has 0 aliphatic carbocycles. The molecule has 1 heterocycles. The number of carbonyl (C=O) groups excluding carboxylic acids is 2. The molecule has 2 rings (SSSR count). The summed E-state index contributed by atoms with van der Waals surface area (Å²) in [6, 6.07) is 5.42. The van der Waals surface area contributed by atoms with Crippen molar-refractivity contribution < 1.29 is 18.0 Å². The van der Waals surface area contributed by atoms with Gasteiger partial charge in [0.2, 0.25) is 21.8 Å². The van der Waals surface area contributed by atoms with Crippen LogP contribution in [0.15, 0.2) is 23.1 Å². The van der Waals surface area contributed by atoms with E-state index >= 15 is 0 Å². The van der Waals surface area contributed by atoms with Gasteiger partial charge in [0.15, 0.2) is 0 Å². The summed E-state index contributed by atoms with van der Waals surface area (Å²) in [4.78, 5) is 25.8. The number of hydrogen-bond donors (Lipinski definition) is 2. The smallest absolute Gasteiger partial charge is 0.243 e. The van der Waals surface area contributed by atoms with Crippen molar-refractivity contribution in [1.82, 2.24) is 19.8 Å². The number of sulfonamides is 1. The molecule has 0 unspecified atom stereocenters. The number of nitrogens with zero attached hydrogens (tertiary/aromatic N) is 2. The molecule has 1 aliphatic rings. The van der Waals surface area contributed by atoms with Gasteiger partial charge in [0.1, 0.15) is 0 Å². The average Bonchev–Trinajstić information content (AvgIpc) is 2.67. The minimum Gasteiger partial charge on any atom is -0.355 e. The van der Waals surface area contributed by atoms with Crippen LogP contribution in [-0.4, -0.2) is 75.3 Å². The number of piperazine rings is 1. The van der Waals surface area contributed by atoms with E-state index in [4.69, 9.17) is 0 Å². The largest absolute Gasteiger partial charge is 0.355 e. The number of amides is 2. The molecule has 2 N–H and O–H groups in total. The molecule has 0 aromatic heterocycles. The van der Waals surface area contributed by atoms with Gasteiger partial charge in [-0.05, 0) is 37.5 Å². The summed E-state index contributed by atoms with van der Waals surface area (Å²) < 4.78 is 27.3. The molecule has 9 heteroatoms. The number of aryl methyl sites for hydroxylation is 2. The first-order valence-corrected chi connectivity index (χ1v) is 11.0. The third-order valence-corrected chi connectivity index (χ3v) is 6.72. The van der Waals surface area contributed by atoms with Crippen LogP contribution in [0.3, 0.4) is 0 Å². The molecule has 0 spiro atoms. The van der Waals surface area contributed by atoms with Crippen molar-refractivity contribution in [2.75, 3.05) is 45.8 Å². The normalized spacial score (nSPS) is 16.0. The van der Waals surface area contributed by atoms with Crippen LogP contribution < -0.4 is 10.6 Å². The second-order valence-corrected chi connectivity index (χ2v) is 8.98. The number of benzene rings is 1. The fraction of sp³-hybridized carbons (Fsp3) is 0.579. The summed E-state index contributed by atoms with van der Waals surface area (Å²) in [5, 5.41) is 5.29. The number of hydrogen-bond acceptors (Lipinski definition) is 5. The summed E-state index contributed by atoms with van der Waals surface area (Å²) in [7, 11) is -3.54. The van der Waals surface area contributed by atoms with Crippen LogP contribution >= 0.6 is 0 Å². The first-order chi connectivity index (χ1) is 13.2. The Balaban J connectivity index is 1.84. The monoisotopic (exact) mass is 410 g/mol. The lowest BCUT2D eigenvalue weighted by molar-refractivity contribution is -0.126. The summed E-state index contributed by atoms with van der Waals surface area (Å²) in [6.07, 6.45) is 0.842. The van der Waals surface area contributed by atoms with Crippen LogP contribution in [0.4, 0.5) is 0 Å². The van der Waals surface area contributed by atoms with Gasteiger partial charge >= 0.3 is 0 Å². The molecule has 0 atom stereocenters. The fourth-order valence-corrected chi connectivity index (χ4v) is 4.75. The molecule has 156 valence electrons. The van der Waals surface area contributed by atoms with Crippen molar-refractivity contribution in [3.05, 3.63) is 29.3 Å². The third kappa shape index (κ3) is 6.02. The SMILES string of the molecule is CCCNC(=O)CNC(=O)CN1CCN(S(=O)(=O)c2cc(C)ccc2C)CC1. The highest BCUT2D eigenvalue weighted by molar-refractivity contribution is 7.89. The molecule has 8 nitrogen and oxygen atoms in total. The fourth-order valence-electron chi connectivity index (χ4n) is 3.02. The van der Waals surface area contributed by atoms with E-state index in [0.29, 0.717) is 37.6 Å². The molecule has 28 heavy (non-hydrogen) atoms. The first kappa shape index (κ1) is 22.3. The van der Waals surface area contributed by atoms with Gasteiger partial charge in [0.05, 0.1) is 18.0 Å². The van der Waals surface area contributed by atoms with Gasteiger partial charge in [0.25, 0.3) is 0 Å². The Morgan fingerprint density at radius 1 is 1.04 bits per heavy atom. The number of rotatable bonds is 8. The van der Waals surface area contributed by atoms with E-state index in [1.54, 1.807) is 13.0 Å². The number of nitrogens with one attached hydrogen (secondary N) is 2. The van der Waals surface area contributed by atoms with Crippen molar-refractivity contribution in [3.8, 4) is 0 Å². The molecule has 1 aromatic rings. The molecule has 1 aliphatic heterocycles. The van der Waals surface area contributed by atoms with Crippen LogP contribution in [0.2, 0.25) is 0 Å². The zero-order chi connectivity index (χ0) is 20.7. The molecule has 1 saturated heterocycles. The van der Waals surface area contributed by atoms with Crippen LogP contribution in [-0.2, 0) is 19.6 Å². The minimum absolute atomic E-state index is 0.0419. The molecule has 0 saturated carbocycles. The van der Waals surface area contributed by atoms with Crippen LogP contribution in [0.1, 0.15) is 24.5 Å². The van der Waals surface area contributed by atoms with Gasteiger partial charge in [-0.2, -0.15) is 4.31 Å². The van der Waals surface area contributed by atoms with Gasteiger partial charge in [-0.25, -0.2) is 8.42 Å². The Bertz CT molecular complexity index is 802. The van der Waals surface area contributed by atoms with E-state index in [9.17, 15) is 18.0 Å². The summed E-state index contributed by atoms with van der Waals surface area (Å²) in [5.41, 5.74) is 1.64. The molecule has 0 radical (unpaired) electrons. The van der Waals surface area contributed by atoms with Gasteiger partial charge in [-0.15, -0.1) is 0 Å². The first-order valence-electron chi connectivity index (χ1n) is 9.57. The Morgan fingerprint density at radius 3 is 2.36 bits per heavy atom. The van der Waals surface area contributed by atoms with Crippen molar-refractivity contribution in [3.63, 3.8) is 0 Å². The second kappa shape index (κ2) is 9.99. The maximum Gasteiger partial charge on any atom is 0.243 e. The summed E-state index contributed by atoms with van der Waals surface area (Å²) in [6.45, 7) is 7.93. The quantitative estimate of drug-likeness (QED) is 0.640. The van der Waals surface area contributed by atoms with E-state index in [1.807, 2.05) is 30.9 Å². The molecule has 0 bridgehead atoms. The highest BCUT2D eigenvalue weighted by atomic mass is 32.2. The minimum atomic E-state index is -3.54. The average molecular weight is 411 g/mol. The maximum atomic E-state index is 12.9. The summed E-state index contributed by atoms with van der Waals surface area (Å²) in [5.74, 6) is -0.447. The topological polar surface area (TPSA) is 98.8 Å². The van der Waals surface area contributed by atoms with E-state index in [1.165, 1.54) is 4.31 Å². The predicted octanol–water partition coefficient (Wildman–Crippen LogP) is 0.252. The molecule has 1 aromatic carbocycles. The van der Waals surface area contributed by atoms with Crippen molar-refractivity contribution >= 4 is 21.8 Å². The van der Waals surface area contributed by atoms with Crippen molar-refractivity contribution in [2.45, 2.75) is 32.1 Å². The van der Waals surface area contributed by atoms with Crippen LogP contribution in [0.25, 0.3) is 0 Å². The van der Waals surface area contributed by atoms with E-state index in [2.05, 4.69) is 10.6 Å². The lowest BCUT2D eigenvalue weighted by atomic mass is 10.2. The van der Waals surface area contributed by atoms with E-state index < -0.39 is 10.0 Å². The second-order valence-electron chi connectivity index (χ2n) is 7.08. The van der Waals surface area contributed by atoms with Crippen LogP contribution in [0.5, 0.6) is 0 Å². The van der Waals surface area contributed by atoms with Gasteiger partial charge < -0.3 is 10.6 Å². The molecule has 1 fully saturated rings.